The van der Waals surface area contributed by atoms with Crippen molar-refractivity contribution in [2.75, 3.05) is 0 Å². The molecular weight excluding hydrogens is 352 g/mol. The zero-order chi connectivity index (χ0) is 16.9. The average Bonchev–Trinajstić information content (AvgIpc) is 2.56. The van der Waals surface area contributed by atoms with Gasteiger partial charge in [-0.1, -0.05) is 80.8 Å². The minimum absolute atomic E-state index is 0.0431. The summed E-state index contributed by atoms with van der Waals surface area (Å²) in [6.07, 6.45) is 12.4. The van der Waals surface area contributed by atoms with Crippen LogP contribution in [0.25, 0.3) is 0 Å². The van der Waals surface area contributed by atoms with Crippen LogP contribution < -0.4 is 0 Å². The lowest BCUT2D eigenvalue weighted by Crippen LogP contribution is -2.17. The Kier molecular flexibility index (Phi) is 11.1. The van der Waals surface area contributed by atoms with Gasteiger partial charge in [0.15, 0.2) is 0 Å². The second-order valence-corrected chi connectivity index (χ2v) is 7.13. The van der Waals surface area contributed by atoms with Crippen molar-refractivity contribution in [2.24, 2.45) is 0 Å². The van der Waals surface area contributed by atoms with Crippen molar-refractivity contribution in [1.82, 2.24) is 0 Å². The van der Waals surface area contributed by atoms with Gasteiger partial charge in [0.05, 0.1) is 5.56 Å². The highest BCUT2D eigenvalue weighted by atomic mass is 79.9. The Balaban J connectivity index is 2.20. The van der Waals surface area contributed by atoms with Crippen LogP contribution >= 0.6 is 15.9 Å². The second-order valence-electron chi connectivity index (χ2n) is 6.21. The van der Waals surface area contributed by atoms with E-state index in [-0.39, 0.29) is 12.1 Å². The molecule has 1 atom stereocenters. The van der Waals surface area contributed by atoms with E-state index in [1.54, 1.807) is 6.07 Å². The third-order valence-corrected chi connectivity index (χ3v) is 4.66. The Labute approximate surface area is 150 Å². The second kappa shape index (κ2) is 12.6. The maximum Gasteiger partial charge on any atom is 0.338 e. The standard InChI is InChI=1S/C20H31BrO2/c1-3-5-6-7-8-9-10-11-15-19(4-2)23-20(22)17-13-12-14-18(21)16-17/h12-14,16,19H,3-11,15H2,1-2H3. The first-order chi connectivity index (χ1) is 11.2. The summed E-state index contributed by atoms with van der Waals surface area (Å²) in [5.41, 5.74) is 0.619. The Morgan fingerprint density at radius 3 is 2.30 bits per heavy atom. The van der Waals surface area contributed by atoms with Crippen molar-refractivity contribution >= 4 is 21.9 Å². The topological polar surface area (TPSA) is 26.3 Å². The van der Waals surface area contributed by atoms with Crippen LogP contribution in [-0.4, -0.2) is 12.1 Å². The average molecular weight is 383 g/mol. The molecule has 1 unspecified atom stereocenters. The summed E-state index contributed by atoms with van der Waals surface area (Å²) in [6, 6.07) is 7.39. The summed E-state index contributed by atoms with van der Waals surface area (Å²) in [5, 5.41) is 0. The summed E-state index contributed by atoms with van der Waals surface area (Å²) in [5.74, 6) is -0.210. The number of hydrogen-bond acceptors (Lipinski definition) is 2. The van der Waals surface area contributed by atoms with Gasteiger partial charge in [0.25, 0.3) is 0 Å². The molecule has 0 radical (unpaired) electrons. The van der Waals surface area contributed by atoms with Gasteiger partial charge in [0.2, 0.25) is 0 Å². The van der Waals surface area contributed by atoms with Crippen molar-refractivity contribution in [3.8, 4) is 0 Å². The van der Waals surface area contributed by atoms with E-state index in [1.807, 2.05) is 18.2 Å². The SMILES string of the molecule is CCCCCCCCCCC(CC)OC(=O)c1cccc(Br)c1. The van der Waals surface area contributed by atoms with Crippen LogP contribution in [-0.2, 0) is 4.74 Å². The molecule has 130 valence electrons. The number of carbonyl (C=O) groups excluding carboxylic acids is 1. The molecule has 23 heavy (non-hydrogen) atoms. The highest BCUT2D eigenvalue weighted by molar-refractivity contribution is 9.10. The molecule has 0 aromatic heterocycles. The molecule has 0 saturated carbocycles. The molecule has 1 aromatic carbocycles. The molecule has 2 nitrogen and oxygen atoms in total. The van der Waals surface area contributed by atoms with Crippen LogP contribution in [0, 0.1) is 0 Å². The van der Waals surface area contributed by atoms with Gasteiger partial charge in [0, 0.05) is 4.47 Å². The van der Waals surface area contributed by atoms with Crippen molar-refractivity contribution in [2.45, 2.75) is 84.2 Å². The van der Waals surface area contributed by atoms with E-state index in [0.717, 1.165) is 23.7 Å². The van der Waals surface area contributed by atoms with Gasteiger partial charge in [-0.15, -0.1) is 0 Å². The number of hydrogen-bond donors (Lipinski definition) is 0. The molecule has 1 aromatic rings. The molecule has 0 aliphatic carbocycles. The Bertz CT molecular complexity index is 445. The number of ether oxygens (including phenoxy) is 1. The maximum atomic E-state index is 12.2. The number of rotatable bonds is 12. The van der Waals surface area contributed by atoms with E-state index >= 15 is 0 Å². The normalized spacial score (nSPS) is 12.1. The predicted octanol–water partition coefficient (Wildman–Crippen LogP) is 6.92. The van der Waals surface area contributed by atoms with Gasteiger partial charge in [-0.25, -0.2) is 4.79 Å². The molecule has 0 bridgehead atoms. The zero-order valence-corrected chi connectivity index (χ0v) is 16.2. The minimum Gasteiger partial charge on any atom is -0.459 e. The molecule has 0 spiro atoms. The molecule has 0 aliphatic heterocycles. The largest absolute Gasteiger partial charge is 0.459 e. The molecule has 3 heteroatoms. The summed E-state index contributed by atoms with van der Waals surface area (Å²) in [6.45, 7) is 4.34. The third kappa shape index (κ3) is 9.14. The Morgan fingerprint density at radius 1 is 1.04 bits per heavy atom. The van der Waals surface area contributed by atoms with Crippen LogP contribution in [0.4, 0.5) is 0 Å². The molecule has 0 N–H and O–H groups in total. The van der Waals surface area contributed by atoms with E-state index in [2.05, 4.69) is 29.8 Å². The lowest BCUT2D eigenvalue weighted by molar-refractivity contribution is 0.0267. The van der Waals surface area contributed by atoms with Gasteiger partial charge >= 0.3 is 5.97 Å². The molecule has 0 heterocycles. The van der Waals surface area contributed by atoms with E-state index in [4.69, 9.17) is 4.74 Å². The van der Waals surface area contributed by atoms with E-state index in [0.29, 0.717) is 5.56 Å². The molecule has 0 saturated heterocycles. The number of halogens is 1. The van der Waals surface area contributed by atoms with Gasteiger partial charge < -0.3 is 4.74 Å². The van der Waals surface area contributed by atoms with E-state index in [9.17, 15) is 4.79 Å². The predicted molar refractivity (Wildman–Crippen MR) is 101 cm³/mol. The van der Waals surface area contributed by atoms with Crippen molar-refractivity contribution in [3.63, 3.8) is 0 Å². The van der Waals surface area contributed by atoms with Gasteiger partial charge in [-0.2, -0.15) is 0 Å². The number of unbranched alkanes of at least 4 members (excludes halogenated alkanes) is 7. The quantitative estimate of drug-likeness (QED) is 0.289. The van der Waals surface area contributed by atoms with Gasteiger partial charge in [-0.05, 0) is 37.5 Å². The number of esters is 1. The summed E-state index contributed by atoms with van der Waals surface area (Å²) >= 11 is 3.39. The fraction of sp³-hybridized carbons (Fsp3) is 0.650. The first-order valence-electron chi connectivity index (χ1n) is 9.14. The lowest BCUT2D eigenvalue weighted by Gasteiger charge is -2.16. The van der Waals surface area contributed by atoms with Crippen LogP contribution in [0.15, 0.2) is 28.7 Å². The molecule has 0 amide bonds. The molecular formula is C20H31BrO2. The van der Waals surface area contributed by atoms with E-state index in [1.165, 1.54) is 44.9 Å². The van der Waals surface area contributed by atoms with Crippen molar-refractivity contribution in [1.29, 1.82) is 0 Å². The minimum atomic E-state index is -0.210. The number of carbonyl (C=O) groups is 1. The first-order valence-corrected chi connectivity index (χ1v) is 9.93. The smallest absolute Gasteiger partial charge is 0.338 e. The summed E-state index contributed by atoms with van der Waals surface area (Å²) < 4.78 is 6.55. The van der Waals surface area contributed by atoms with Gasteiger partial charge in [-0.3, -0.25) is 0 Å². The monoisotopic (exact) mass is 382 g/mol. The van der Waals surface area contributed by atoms with Crippen LogP contribution in [0.5, 0.6) is 0 Å². The van der Waals surface area contributed by atoms with Gasteiger partial charge in [0.1, 0.15) is 6.10 Å². The fourth-order valence-corrected chi connectivity index (χ4v) is 3.09. The molecule has 0 aliphatic rings. The Morgan fingerprint density at radius 2 is 1.70 bits per heavy atom. The first kappa shape index (κ1) is 20.2. The summed E-state index contributed by atoms with van der Waals surface area (Å²) in [7, 11) is 0. The maximum absolute atomic E-state index is 12.2. The van der Waals surface area contributed by atoms with Crippen LogP contribution in [0.2, 0.25) is 0 Å². The van der Waals surface area contributed by atoms with Crippen molar-refractivity contribution in [3.05, 3.63) is 34.3 Å². The number of benzene rings is 1. The molecule has 0 fully saturated rings. The van der Waals surface area contributed by atoms with Crippen LogP contribution in [0.3, 0.4) is 0 Å². The third-order valence-electron chi connectivity index (χ3n) is 4.17. The van der Waals surface area contributed by atoms with Crippen molar-refractivity contribution < 1.29 is 9.53 Å². The highest BCUT2D eigenvalue weighted by Gasteiger charge is 2.14. The van der Waals surface area contributed by atoms with Crippen LogP contribution in [0.1, 0.15) is 88.4 Å². The highest BCUT2D eigenvalue weighted by Crippen LogP contribution is 2.17. The van der Waals surface area contributed by atoms with E-state index < -0.39 is 0 Å². The summed E-state index contributed by atoms with van der Waals surface area (Å²) in [4.78, 5) is 12.2. The molecule has 1 rings (SSSR count). The Hall–Kier alpha value is -0.830. The fourth-order valence-electron chi connectivity index (χ4n) is 2.69. The zero-order valence-electron chi connectivity index (χ0n) is 14.7. The lowest BCUT2D eigenvalue weighted by atomic mass is 10.0.